The van der Waals surface area contributed by atoms with Crippen molar-refractivity contribution in [3.8, 4) is 5.75 Å². The molecular weight excluding hydrogens is 302 g/mol. The number of rotatable bonds is 6. The number of nitrogens with zero attached hydrogens (tertiary/aromatic N) is 2. The van der Waals surface area contributed by atoms with Gasteiger partial charge in [-0.3, -0.25) is 4.90 Å². The van der Waals surface area contributed by atoms with E-state index in [4.69, 9.17) is 4.74 Å². The Morgan fingerprint density at radius 2 is 2.08 bits per heavy atom. The van der Waals surface area contributed by atoms with E-state index in [2.05, 4.69) is 21.3 Å². The number of nitrogens with one attached hydrogen (secondary N) is 1. The van der Waals surface area contributed by atoms with Gasteiger partial charge in [-0.05, 0) is 37.6 Å². The monoisotopic (exact) mass is 327 g/mol. The fourth-order valence-electron chi connectivity index (χ4n) is 3.23. The van der Waals surface area contributed by atoms with Crippen LogP contribution in [0.15, 0.2) is 48.7 Å². The summed E-state index contributed by atoms with van der Waals surface area (Å²) < 4.78 is 5.79. The van der Waals surface area contributed by atoms with Crippen molar-refractivity contribution >= 4 is 5.82 Å². The van der Waals surface area contributed by atoms with Gasteiger partial charge in [0.25, 0.3) is 0 Å². The molecule has 1 aromatic heterocycles. The van der Waals surface area contributed by atoms with Crippen LogP contribution in [-0.2, 0) is 6.54 Å². The summed E-state index contributed by atoms with van der Waals surface area (Å²) in [6.07, 6.45) is 3.52. The van der Waals surface area contributed by atoms with Gasteiger partial charge in [0.2, 0.25) is 0 Å². The number of anilines is 1. The van der Waals surface area contributed by atoms with Gasteiger partial charge < -0.3 is 15.2 Å². The zero-order chi connectivity index (χ0) is 16.8. The SMILES string of the molecule is CNc1ncccc1CN1CCC[C@@](O)(COc2ccccc2)C1. The third-order valence-electron chi connectivity index (χ3n) is 4.41. The fourth-order valence-corrected chi connectivity index (χ4v) is 3.23. The third-order valence-corrected chi connectivity index (χ3v) is 4.41. The minimum absolute atomic E-state index is 0.319. The highest BCUT2D eigenvalue weighted by Gasteiger charge is 2.34. The molecule has 1 atom stereocenters. The quantitative estimate of drug-likeness (QED) is 0.854. The van der Waals surface area contributed by atoms with Crippen LogP contribution in [0.2, 0.25) is 0 Å². The van der Waals surface area contributed by atoms with Crippen LogP contribution in [0.3, 0.4) is 0 Å². The van der Waals surface area contributed by atoms with Crippen LogP contribution in [0, 0.1) is 0 Å². The molecule has 0 saturated carbocycles. The van der Waals surface area contributed by atoms with Gasteiger partial charge in [0.05, 0.1) is 0 Å². The molecule has 128 valence electrons. The molecule has 0 aliphatic carbocycles. The highest BCUT2D eigenvalue weighted by atomic mass is 16.5. The lowest BCUT2D eigenvalue weighted by atomic mass is 9.93. The van der Waals surface area contributed by atoms with E-state index < -0.39 is 5.60 Å². The number of benzene rings is 1. The number of piperidine rings is 1. The predicted molar refractivity (Wildman–Crippen MR) is 95.2 cm³/mol. The summed E-state index contributed by atoms with van der Waals surface area (Å²) in [5, 5.41) is 14.0. The highest BCUT2D eigenvalue weighted by Crippen LogP contribution is 2.25. The Balaban J connectivity index is 1.61. The first kappa shape index (κ1) is 16.7. The Kier molecular flexibility index (Phi) is 5.33. The van der Waals surface area contributed by atoms with Crippen LogP contribution in [-0.4, -0.2) is 47.3 Å². The molecule has 0 spiro atoms. The normalized spacial score (nSPS) is 21.4. The van der Waals surface area contributed by atoms with Crippen LogP contribution < -0.4 is 10.1 Å². The molecule has 1 aliphatic heterocycles. The number of hydrogen-bond donors (Lipinski definition) is 2. The molecule has 2 N–H and O–H groups in total. The number of hydrogen-bond acceptors (Lipinski definition) is 5. The Hall–Kier alpha value is -2.11. The fraction of sp³-hybridized carbons (Fsp3) is 0.421. The first-order valence-electron chi connectivity index (χ1n) is 8.43. The van der Waals surface area contributed by atoms with Crippen LogP contribution in [0.25, 0.3) is 0 Å². The van der Waals surface area contributed by atoms with Gasteiger partial charge in [-0.15, -0.1) is 0 Å². The van der Waals surface area contributed by atoms with E-state index in [0.717, 1.165) is 43.1 Å². The largest absolute Gasteiger partial charge is 0.491 e. The molecule has 1 aliphatic rings. The zero-order valence-corrected chi connectivity index (χ0v) is 14.1. The average Bonchev–Trinajstić information content (AvgIpc) is 2.62. The Labute approximate surface area is 143 Å². The van der Waals surface area contributed by atoms with Crippen LogP contribution in [0.5, 0.6) is 5.75 Å². The molecule has 1 saturated heterocycles. The number of ether oxygens (including phenoxy) is 1. The second-order valence-corrected chi connectivity index (χ2v) is 6.40. The van der Waals surface area contributed by atoms with Gasteiger partial charge in [-0.1, -0.05) is 24.3 Å². The lowest BCUT2D eigenvalue weighted by molar-refractivity contribution is -0.0620. The van der Waals surface area contributed by atoms with E-state index in [1.165, 1.54) is 0 Å². The van der Waals surface area contributed by atoms with E-state index >= 15 is 0 Å². The minimum Gasteiger partial charge on any atom is -0.491 e. The maximum Gasteiger partial charge on any atom is 0.130 e. The molecule has 0 unspecified atom stereocenters. The van der Waals surface area contributed by atoms with Crippen molar-refractivity contribution in [3.63, 3.8) is 0 Å². The third kappa shape index (κ3) is 4.24. The topological polar surface area (TPSA) is 57.6 Å². The van der Waals surface area contributed by atoms with Crippen molar-refractivity contribution in [3.05, 3.63) is 54.2 Å². The second-order valence-electron chi connectivity index (χ2n) is 6.40. The average molecular weight is 327 g/mol. The van der Waals surface area contributed by atoms with Gasteiger partial charge in [-0.2, -0.15) is 0 Å². The molecule has 2 aromatic rings. The van der Waals surface area contributed by atoms with E-state index in [1.807, 2.05) is 43.4 Å². The molecule has 5 nitrogen and oxygen atoms in total. The maximum atomic E-state index is 10.9. The summed E-state index contributed by atoms with van der Waals surface area (Å²) in [5.74, 6) is 1.69. The molecule has 1 fully saturated rings. The van der Waals surface area contributed by atoms with Crippen molar-refractivity contribution in [2.75, 3.05) is 32.1 Å². The van der Waals surface area contributed by atoms with Crippen molar-refractivity contribution in [2.45, 2.75) is 25.0 Å². The number of pyridine rings is 1. The van der Waals surface area contributed by atoms with E-state index in [0.29, 0.717) is 13.2 Å². The van der Waals surface area contributed by atoms with Gasteiger partial charge in [-0.25, -0.2) is 4.98 Å². The van der Waals surface area contributed by atoms with Crippen LogP contribution >= 0.6 is 0 Å². The number of aromatic nitrogens is 1. The van der Waals surface area contributed by atoms with Crippen LogP contribution in [0.4, 0.5) is 5.82 Å². The first-order chi connectivity index (χ1) is 11.7. The summed E-state index contributed by atoms with van der Waals surface area (Å²) in [6.45, 7) is 2.68. The molecular formula is C19H25N3O2. The second kappa shape index (κ2) is 7.64. The highest BCUT2D eigenvalue weighted by molar-refractivity contribution is 5.42. The van der Waals surface area contributed by atoms with Crippen molar-refractivity contribution in [1.29, 1.82) is 0 Å². The Bertz CT molecular complexity index is 650. The number of aliphatic hydroxyl groups is 1. The van der Waals surface area contributed by atoms with Gasteiger partial charge in [0.1, 0.15) is 23.8 Å². The van der Waals surface area contributed by atoms with Crippen molar-refractivity contribution < 1.29 is 9.84 Å². The first-order valence-corrected chi connectivity index (χ1v) is 8.43. The Morgan fingerprint density at radius 3 is 2.88 bits per heavy atom. The van der Waals surface area contributed by atoms with Gasteiger partial charge in [0.15, 0.2) is 0 Å². The summed E-state index contributed by atoms with van der Waals surface area (Å²) in [4.78, 5) is 6.62. The number of β-amino-alcohol motifs (C(OH)–C–C–N with tert-alkyl or cyclic N) is 1. The summed E-state index contributed by atoms with van der Waals surface area (Å²) in [7, 11) is 1.88. The van der Waals surface area contributed by atoms with Crippen LogP contribution in [0.1, 0.15) is 18.4 Å². The van der Waals surface area contributed by atoms with Crippen molar-refractivity contribution in [1.82, 2.24) is 9.88 Å². The smallest absolute Gasteiger partial charge is 0.130 e. The number of likely N-dealkylation sites (tertiary alicyclic amines) is 1. The van der Waals surface area contributed by atoms with Gasteiger partial charge in [0, 0.05) is 31.9 Å². The summed E-state index contributed by atoms with van der Waals surface area (Å²) in [6, 6.07) is 13.7. The summed E-state index contributed by atoms with van der Waals surface area (Å²) in [5.41, 5.74) is 0.337. The molecule has 3 rings (SSSR count). The lowest BCUT2D eigenvalue weighted by Crippen LogP contribution is -2.51. The molecule has 0 amide bonds. The molecule has 2 heterocycles. The zero-order valence-electron chi connectivity index (χ0n) is 14.1. The molecule has 0 bridgehead atoms. The lowest BCUT2D eigenvalue weighted by Gasteiger charge is -2.39. The van der Waals surface area contributed by atoms with Crippen molar-refractivity contribution in [2.24, 2.45) is 0 Å². The van der Waals surface area contributed by atoms with Gasteiger partial charge >= 0.3 is 0 Å². The molecule has 5 heteroatoms. The molecule has 0 radical (unpaired) electrons. The van der Waals surface area contributed by atoms with E-state index in [9.17, 15) is 5.11 Å². The van der Waals surface area contributed by atoms with E-state index in [1.54, 1.807) is 6.20 Å². The standard InChI is InChI=1S/C19H25N3O2/c1-20-18-16(7-5-11-21-18)13-22-12-6-10-19(23,14-22)15-24-17-8-3-2-4-9-17/h2-5,7-9,11,23H,6,10,12-15H2,1H3,(H,20,21)/t19-/m0/s1. The number of para-hydroxylation sites is 1. The minimum atomic E-state index is -0.809. The Morgan fingerprint density at radius 1 is 1.25 bits per heavy atom. The molecule has 24 heavy (non-hydrogen) atoms. The summed E-state index contributed by atoms with van der Waals surface area (Å²) >= 11 is 0. The predicted octanol–water partition coefficient (Wildman–Crippen LogP) is 2.53. The maximum absolute atomic E-state index is 10.9. The van der Waals surface area contributed by atoms with E-state index in [-0.39, 0.29) is 0 Å². The molecule has 1 aromatic carbocycles.